The van der Waals surface area contributed by atoms with Gasteiger partial charge in [-0.25, -0.2) is 4.39 Å². The van der Waals surface area contributed by atoms with E-state index in [0.717, 1.165) is 46.6 Å². The SMILES string of the molecule is CCCCCCCCCC(=O)c1sc2c(-c3cc4c(-c5ccc(CCCCCCCC)s5)c5sc(C)cc5c(-c5ccc(CCCCCCCC)s5)c4s3)sc(C(C)(C)C)c2c1F. The summed E-state index contributed by atoms with van der Waals surface area (Å²) in [5, 5.41) is 3.35. The van der Waals surface area contributed by atoms with E-state index in [4.69, 9.17) is 0 Å². The van der Waals surface area contributed by atoms with Crippen LogP contribution in [0.3, 0.4) is 0 Å². The van der Waals surface area contributed by atoms with Crippen LogP contribution in [0.2, 0.25) is 0 Å². The van der Waals surface area contributed by atoms with Crippen LogP contribution in [-0.4, -0.2) is 5.78 Å². The van der Waals surface area contributed by atoms with E-state index in [1.54, 1.807) is 11.3 Å². The van der Waals surface area contributed by atoms with Crippen LogP contribution in [0.1, 0.15) is 199 Å². The molecule has 7 aromatic rings. The summed E-state index contributed by atoms with van der Waals surface area (Å²) in [6.07, 6.45) is 26.4. The van der Waals surface area contributed by atoms with Gasteiger partial charge in [0.05, 0.1) is 9.58 Å². The van der Waals surface area contributed by atoms with Gasteiger partial charge in [-0.3, -0.25) is 4.79 Å². The van der Waals surface area contributed by atoms with Gasteiger partial charge in [0.2, 0.25) is 0 Å². The molecule has 0 saturated heterocycles. The molecule has 0 atom stereocenters. The van der Waals surface area contributed by atoms with Crippen molar-refractivity contribution in [3.63, 3.8) is 0 Å². The first kappa shape index (κ1) is 48.7. The molecule has 0 aliphatic heterocycles. The smallest absolute Gasteiger partial charge is 0.175 e. The van der Waals surface area contributed by atoms with Gasteiger partial charge in [-0.15, -0.1) is 68.0 Å². The summed E-state index contributed by atoms with van der Waals surface area (Å²) in [6, 6.07) is 14.4. The van der Waals surface area contributed by atoms with Crippen molar-refractivity contribution in [1.29, 1.82) is 0 Å². The lowest BCUT2D eigenvalue weighted by molar-refractivity contribution is 0.0979. The lowest BCUT2D eigenvalue weighted by atomic mass is 9.92. The summed E-state index contributed by atoms with van der Waals surface area (Å²) < 4.78 is 20.5. The molecule has 0 saturated carbocycles. The number of unbranched alkanes of at least 4 members (excludes halogenated alkanes) is 16. The topological polar surface area (TPSA) is 17.1 Å². The van der Waals surface area contributed by atoms with Crippen molar-refractivity contribution in [2.24, 2.45) is 0 Å². The van der Waals surface area contributed by atoms with Gasteiger partial charge < -0.3 is 0 Å². The van der Waals surface area contributed by atoms with Crippen LogP contribution in [0, 0.1) is 12.7 Å². The molecule has 0 unspecified atom stereocenters. The molecule has 0 aliphatic rings. The fraction of sp³-hybridized carbons (Fsp3) is 0.545. The first-order chi connectivity index (χ1) is 30.5. The van der Waals surface area contributed by atoms with Crippen molar-refractivity contribution < 1.29 is 9.18 Å². The Balaban J connectivity index is 1.31. The van der Waals surface area contributed by atoms with Crippen molar-refractivity contribution >= 4 is 104 Å². The highest BCUT2D eigenvalue weighted by atomic mass is 32.1. The number of benzene rings is 1. The number of hydrogen-bond donors (Lipinski definition) is 0. The third kappa shape index (κ3) is 11.7. The lowest BCUT2D eigenvalue weighted by Gasteiger charge is -2.16. The average Bonchev–Trinajstić information content (AvgIpc) is 4.12. The average molecular weight is 960 g/mol. The maximum atomic E-state index is 16.8. The molecule has 63 heavy (non-hydrogen) atoms. The van der Waals surface area contributed by atoms with Crippen LogP contribution in [0.5, 0.6) is 0 Å². The predicted molar refractivity (Wildman–Crippen MR) is 287 cm³/mol. The second-order valence-electron chi connectivity index (χ2n) is 19.0. The molecule has 8 heteroatoms. The second-order valence-corrected chi connectivity index (χ2v) is 25.7. The molecule has 0 bridgehead atoms. The highest BCUT2D eigenvalue weighted by molar-refractivity contribution is 7.32. The quantitative estimate of drug-likeness (QED) is 0.0390. The Morgan fingerprint density at radius 1 is 0.540 bits per heavy atom. The van der Waals surface area contributed by atoms with E-state index in [9.17, 15) is 4.79 Å². The van der Waals surface area contributed by atoms with Gasteiger partial charge in [-0.05, 0) is 80.8 Å². The number of hydrogen-bond acceptors (Lipinski definition) is 7. The molecular weight excluding hydrogens is 888 g/mol. The zero-order valence-electron chi connectivity index (χ0n) is 39.3. The monoisotopic (exact) mass is 958 g/mol. The van der Waals surface area contributed by atoms with Gasteiger partial charge in [-0.1, -0.05) is 144 Å². The summed E-state index contributed by atoms with van der Waals surface area (Å²) in [7, 11) is 0. The minimum atomic E-state index is -0.290. The van der Waals surface area contributed by atoms with Crippen LogP contribution in [0.15, 0.2) is 36.4 Å². The zero-order valence-corrected chi connectivity index (χ0v) is 44.2. The summed E-state index contributed by atoms with van der Waals surface area (Å²) >= 11 is 11.0. The molecule has 0 radical (unpaired) electrons. The fourth-order valence-corrected chi connectivity index (χ4v) is 16.7. The maximum Gasteiger partial charge on any atom is 0.175 e. The van der Waals surface area contributed by atoms with Gasteiger partial charge in [0.15, 0.2) is 11.6 Å². The molecule has 340 valence electrons. The third-order valence-electron chi connectivity index (χ3n) is 12.6. The molecule has 0 spiro atoms. The molecule has 0 fully saturated rings. The van der Waals surface area contributed by atoms with E-state index in [0.29, 0.717) is 16.7 Å². The second kappa shape index (κ2) is 23.0. The van der Waals surface area contributed by atoms with E-state index < -0.39 is 0 Å². The maximum absolute atomic E-state index is 16.8. The predicted octanol–water partition coefficient (Wildman–Crippen LogP) is 21.4. The Morgan fingerprint density at radius 3 is 1.57 bits per heavy atom. The summed E-state index contributed by atoms with van der Waals surface area (Å²) in [5.41, 5.74) is 2.46. The van der Waals surface area contributed by atoms with Crippen molar-refractivity contribution in [2.75, 3.05) is 0 Å². The number of Topliss-reactive ketones (excluding diaryl/α,β-unsaturated/α-hetero) is 1. The van der Waals surface area contributed by atoms with Crippen molar-refractivity contribution in [1.82, 2.24) is 0 Å². The molecular formula is C55H71FOS6. The Bertz CT molecular complexity index is 2450. The van der Waals surface area contributed by atoms with Crippen LogP contribution >= 0.6 is 68.0 Å². The highest BCUT2D eigenvalue weighted by Gasteiger charge is 2.32. The highest BCUT2D eigenvalue weighted by Crippen LogP contribution is 2.56. The third-order valence-corrected chi connectivity index (χ3v) is 20.3. The number of halogens is 1. The molecule has 0 N–H and O–H groups in total. The van der Waals surface area contributed by atoms with Crippen LogP contribution < -0.4 is 0 Å². The van der Waals surface area contributed by atoms with E-state index in [2.05, 4.69) is 84.9 Å². The van der Waals surface area contributed by atoms with Gasteiger partial charge in [0.25, 0.3) is 0 Å². The van der Waals surface area contributed by atoms with Gasteiger partial charge in [0, 0.05) is 77.2 Å². The van der Waals surface area contributed by atoms with Crippen molar-refractivity contribution in [3.05, 3.63) is 66.6 Å². The standard InChI is InChI=1S/C55H71FOS6/c1-8-11-14-17-20-23-26-29-41(57)51-48(56)47-53(62-51)52(63-54(47)55(5,6)7)44-35-40-46(43-33-31-38(60-43)28-25-22-19-16-13-10-3)49-39(34-36(4)58-49)45(50(40)61-44)42-32-30-37(59-42)27-24-21-18-15-12-9-2/h30-35H,8-29H2,1-7H3. The lowest BCUT2D eigenvalue weighted by Crippen LogP contribution is -2.09. The molecule has 6 heterocycles. The number of ketones is 1. The Kier molecular flexibility index (Phi) is 17.8. The largest absolute Gasteiger partial charge is 0.293 e. The molecule has 7 rings (SSSR count). The number of thiophene rings is 6. The normalized spacial score (nSPS) is 12.3. The van der Waals surface area contributed by atoms with Crippen molar-refractivity contribution in [3.8, 4) is 30.6 Å². The summed E-state index contributed by atoms with van der Waals surface area (Å²) in [6.45, 7) is 15.7. The minimum absolute atomic E-state index is 0.0292. The van der Waals surface area contributed by atoms with Crippen LogP contribution in [0.4, 0.5) is 4.39 Å². The molecule has 1 nitrogen and oxygen atoms in total. The van der Waals surface area contributed by atoms with E-state index >= 15 is 4.39 Å². The summed E-state index contributed by atoms with van der Waals surface area (Å²) in [4.78, 5) is 24.5. The van der Waals surface area contributed by atoms with Gasteiger partial charge in [0.1, 0.15) is 4.88 Å². The number of carbonyl (C=O) groups excluding carboxylic acids is 1. The van der Waals surface area contributed by atoms with Gasteiger partial charge in [-0.2, -0.15) is 0 Å². The fourth-order valence-electron chi connectivity index (χ4n) is 9.15. The van der Waals surface area contributed by atoms with E-state index in [1.807, 2.05) is 45.3 Å². The number of fused-ring (bicyclic) bond motifs is 3. The number of aryl methyl sites for hydroxylation is 3. The molecule has 0 amide bonds. The van der Waals surface area contributed by atoms with E-state index in [-0.39, 0.29) is 17.0 Å². The van der Waals surface area contributed by atoms with Crippen LogP contribution in [-0.2, 0) is 18.3 Å². The molecule has 6 aromatic heterocycles. The Labute approximate surface area is 402 Å². The Hall–Kier alpha value is -2.20. The van der Waals surface area contributed by atoms with Crippen LogP contribution in [0.25, 0.3) is 60.9 Å². The number of rotatable bonds is 26. The first-order valence-electron chi connectivity index (χ1n) is 24.5. The van der Waals surface area contributed by atoms with Gasteiger partial charge >= 0.3 is 0 Å². The Morgan fingerprint density at radius 2 is 1.03 bits per heavy atom. The zero-order chi connectivity index (χ0) is 44.5. The number of carbonyl (C=O) groups is 1. The molecule has 1 aromatic carbocycles. The molecule has 0 aliphatic carbocycles. The first-order valence-corrected chi connectivity index (χ1v) is 29.4. The van der Waals surface area contributed by atoms with E-state index in [1.165, 1.54) is 175 Å². The minimum Gasteiger partial charge on any atom is -0.293 e. The van der Waals surface area contributed by atoms with Crippen molar-refractivity contribution in [2.45, 2.75) is 195 Å². The summed E-state index contributed by atoms with van der Waals surface area (Å²) in [5.74, 6) is -0.319.